The summed E-state index contributed by atoms with van der Waals surface area (Å²) in [4.78, 5) is 11.4. The summed E-state index contributed by atoms with van der Waals surface area (Å²) in [7, 11) is 1.86. The van der Waals surface area contributed by atoms with Gasteiger partial charge in [-0.25, -0.2) is 9.89 Å². The first-order valence-electron chi connectivity index (χ1n) is 5.91. The normalized spacial score (nSPS) is 11.1. The lowest BCUT2D eigenvalue weighted by Crippen LogP contribution is -2.13. The maximum Gasteiger partial charge on any atom is 0.364 e. The Bertz CT molecular complexity index is 782. The number of anilines is 2. The van der Waals surface area contributed by atoms with Crippen LogP contribution in [0, 0.1) is 0 Å². The van der Waals surface area contributed by atoms with Gasteiger partial charge in [-0.05, 0) is 18.6 Å². The van der Waals surface area contributed by atoms with Crippen LogP contribution in [0.25, 0.3) is 5.65 Å². The van der Waals surface area contributed by atoms with Crippen LogP contribution in [-0.2, 0) is 13.5 Å². The molecule has 0 aliphatic heterocycles. The summed E-state index contributed by atoms with van der Waals surface area (Å²) in [6.07, 6.45) is 2.69. The Hall–Kier alpha value is -2.64. The minimum absolute atomic E-state index is 0.361. The van der Waals surface area contributed by atoms with E-state index in [0.29, 0.717) is 11.5 Å². The van der Waals surface area contributed by atoms with E-state index < -0.39 is 0 Å². The molecule has 3 heterocycles. The highest BCUT2D eigenvalue weighted by molar-refractivity contribution is 5.58. The van der Waals surface area contributed by atoms with Crippen molar-refractivity contribution in [3.05, 3.63) is 34.5 Å². The van der Waals surface area contributed by atoms with Crippen LogP contribution in [0.5, 0.6) is 0 Å². The predicted molar refractivity (Wildman–Crippen MR) is 69.5 cm³/mol. The highest BCUT2D eigenvalue weighted by Crippen LogP contribution is 2.18. The molecule has 8 nitrogen and oxygen atoms in total. The highest BCUT2D eigenvalue weighted by atomic mass is 16.2. The molecule has 0 spiro atoms. The number of H-pyrrole nitrogens is 1. The Morgan fingerprint density at radius 2 is 2.21 bits per heavy atom. The molecule has 0 saturated carbocycles. The summed E-state index contributed by atoms with van der Waals surface area (Å²) < 4.78 is 2.95. The molecule has 98 valence electrons. The molecule has 0 aliphatic carbocycles. The van der Waals surface area contributed by atoms with Gasteiger partial charge in [-0.2, -0.15) is 14.7 Å². The molecule has 0 fully saturated rings. The van der Waals surface area contributed by atoms with Gasteiger partial charge in [-0.3, -0.25) is 4.68 Å². The quantitative estimate of drug-likeness (QED) is 0.712. The first kappa shape index (κ1) is 11.5. The van der Waals surface area contributed by atoms with E-state index in [2.05, 4.69) is 25.7 Å². The van der Waals surface area contributed by atoms with Gasteiger partial charge in [-0.1, -0.05) is 6.92 Å². The number of aromatic amines is 1. The lowest BCUT2D eigenvalue weighted by Gasteiger charge is -2.03. The maximum absolute atomic E-state index is 11.4. The minimum atomic E-state index is -0.361. The summed E-state index contributed by atoms with van der Waals surface area (Å²) in [5.74, 6) is 0.568. The van der Waals surface area contributed by atoms with Crippen LogP contribution >= 0.6 is 0 Å². The van der Waals surface area contributed by atoms with Crippen LogP contribution in [0.2, 0.25) is 0 Å². The molecular formula is C11H13N7O. The van der Waals surface area contributed by atoms with Gasteiger partial charge in [0.25, 0.3) is 0 Å². The number of fused-ring (bicyclic) bond motifs is 1. The van der Waals surface area contributed by atoms with E-state index in [9.17, 15) is 4.79 Å². The first-order valence-corrected chi connectivity index (χ1v) is 5.91. The third-order valence-electron chi connectivity index (χ3n) is 2.78. The van der Waals surface area contributed by atoms with Crippen LogP contribution in [0.15, 0.2) is 23.1 Å². The summed E-state index contributed by atoms with van der Waals surface area (Å²) in [6, 6.07) is 3.48. The largest absolute Gasteiger partial charge is 0.364 e. The number of hydrogen-bond acceptors (Lipinski definition) is 5. The van der Waals surface area contributed by atoms with Crippen LogP contribution in [0.3, 0.4) is 0 Å². The molecule has 0 aromatic carbocycles. The van der Waals surface area contributed by atoms with Crippen LogP contribution in [-0.4, -0.2) is 29.6 Å². The fourth-order valence-electron chi connectivity index (χ4n) is 1.91. The van der Waals surface area contributed by atoms with E-state index in [1.165, 1.54) is 4.52 Å². The van der Waals surface area contributed by atoms with Gasteiger partial charge in [-0.15, -0.1) is 5.10 Å². The van der Waals surface area contributed by atoms with Crippen LogP contribution in [0.4, 0.5) is 11.5 Å². The van der Waals surface area contributed by atoms with Crippen molar-refractivity contribution in [1.29, 1.82) is 0 Å². The molecule has 0 bridgehead atoms. The predicted octanol–water partition coefficient (Wildman–Crippen LogP) is 0.457. The molecule has 0 aliphatic rings. The standard InChI is InChI=1S/C11H13N7O/c1-3-7-8(6-17(2)15-7)12-9-4-5-10-13-14-11(19)18(10)16-9/h4-6H,3H2,1-2H3,(H,12,16)(H,14,19). The zero-order valence-electron chi connectivity index (χ0n) is 10.6. The Morgan fingerprint density at radius 3 is 3.00 bits per heavy atom. The van der Waals surface area contributed by atoms with Gasteiger partial charge < -0.3 is 5.32 Å². The molecule has 19 heavy (non-hydrogen) atoms. The molecular weight excluding hydrogens is 246 g/mol. The van der Waals surface area contributed by atoms with E-state index in [1.54, 1.807) is 16.8 Å². The number of aryl methyl sites for hydroxylation is 2. The highest BCUT2D eigenvalue weighted by Gasteiger charge is 2.08. The second-order valence-corrected chi connectivity index (χ2v) is 4.16. The Labute approximate surface area is 108 Å². The second kappa shape index (κ2) is 4.23. The summed E-state index contributed by atoms with van der Waals surface area (Å²) in [6.45, 7) is 2.03. The molecule has 0 amide bonds. The van der Waals surface area contributed by atoms with Crippen molar-refractivity contribution in [2.75, 3.05) is 5.32 Å². The molecule has 2 N–H and O–H groups in total. The maximum atomic E-state index is 11.4. The molecule has 0 atom stereocenters. The smallest absolute Gasteiger partial charge is 0.336 e. The van der Waals surface area contributed by atoms with Gasteiger partial charge in [0, 0.05) is 13.2 Å². The topological polar surface area (TPSA) is 92.9 Å². The molecule has 3 rings (SSSR count). The van der Waals surface area contributed by atoms with E-state index in [0.717, 1.165) is 17.8 Å². The summed E-state index contributed by atoms with van der Waals surface area (Å²) >= 11 is 0. The van der Waals surface area contributed by atoms with E-state index in [1.807, 2.05) is 20.2 Å². The molecule has 0 unspecified atom stereocenters. The number of aromatic nitrogens is 6. The fraction of sp³-hybridized carbons (Fsp3) is 0.273. The monoisotopic (exact) mass is 259 g/mol. The third-order valence-corrected chi connectivity index (χ3v) is 2.78. The molecule has 3 aromatic rings. The van der Waals surface area contributed by atoms with E-state index in [4.69, 9.17) is 0 Å². The Kier molecular flexibility index (Phi) is 2.55. The van der Waals surface area contributed by atoms with Crippen LogP contribution in [0.1, 0.15) is 12.6 Å². The Morgan fingerprint density at radius 1 is 1.37 bits per heavy atom. The molecule has 0 radical (unpaired) electrons. The van der Waals surface area contributed by atoms with E-state index >= 15 is 0 Å². The number of hydrogen-bond donors (Lipinski definition) is 2. The fourth-order valence-corrected chi connectivity index (χ4v) is 1.91. The van der Waals surface area contributed by atoms with Gasteiger partial charge in [0.2, 0.25) is 0 Å². The van der Waals surface area contributed by atoms with Crippen molar-refractivity contribution in [1.82, 2.24) is 29.6 Å². The van der Waals surface area contributed by atoms with Gasteiger partial charge in [0.15, 0.2) is 11.5 Å². The zero-order valence-corrected chi connectivity index (χ0v) is 10.6. The molecule has 8 heteroatoms. The Balaban J connectivity index is 2.00. The SMILES string of the molecule is CCc1nn(C)cc1Nc1ccc2n[nH]c(=O)n2n1. The summed E-state index contributed by atoms with van der Waals surface area (Å²) in [5.41, 5.74) is 1.95. The summed E-state index contributed by atoms with van der Waals surface area (Å²) in [5, 5.41) is 17.8. The average Bonchev–Trinajstić information content (AvgIpc) is 2.94. The molecule has 0 saturated heterocycles. The number of rotatable bonds is 3. The van der Waals surface area contributed by atoms with E-state index in [-0.39, 0.29) is 5.69 Å². The number of nitrogens with zero attached hydrogens (tertiary/aromatic N) is 5. The van der Waals surface area contributed by atoms with Crippen molar-refractivity contribution in [2.24, 2.45) is 7.05 Å². The lowest BCUT2D eigenvalue weighted by atomic mass is 10.3. The van der Waals surface area contributed by atoms with Crippen molar-refractivity contribution in [2.45, 2.75) is 13.3 Å². The first-order chi connectivity index (χ1) is 9.17. The third kappa shape index (κ3) is 1.96. The van der Waals surface area contributed by atoms with Crippen molar-refractivity contribution >= 4 is 17.2 Å². The second-order valence-electron chi connectivity index (χ2n) is 4.16. The van der Waals surface area contributed by atoms with Crippen molar-refractivity contribution in [3.8, 4) is 0 Å². The average molecular weight is 259 g/mol. The lowest BCUT2D eigenvalue weighted by molar-refractivity contribution is 0.746. The van der Waals surface area contributed by atoms with Gasteiger partial charge in [0.1, 0.15) is 0 Å². The van der Waals surface area contributed by atoms with Crippen molar-refractivity contribution < 1.29 is 0 Å². The van der Waals surface area contributed by atoms with Crippen LogP contribution < -0.4 is 11.0 Å². The molecule has 3 aromatic heterocycles. The number of nitrogens with one attached hydrogen (secondary N) is 2. The van der Waals surface area contributed by atoms with Gasteiger partial charge >= 0.3 is 5.69 Å². The van der Waals surface area contributed by atoms with Crippen molar-refractivity contribution in [3.63, 3.8) is 0 Å². The zero-order chi connectivity index (χ0) is 13.4. The minimum Gasteiger partial charge on any atom is -0.336 e. The van der Waals surface area contributed by atoms with Gasteiger partial charge in [0.05, 0.1) is 11.4 Å².